The number of hydrogen-bond donors (Lipinski definition) is 1. The van der Waals surface area contributed by atoms with Crippen LogP contribution in [0.5, 0.6) is 0 Å². The van der Waals surface area contributed by atoms with Gasteiger partial charge in [-0.05, 0) is 32.6 Å². The summed E-state index contributed by atoms with van der Waals surface area (Å²) >= 11 is 0. The minimum atomic E-state index is 0.346. The molecule has 4 nitrogen and oxygen atoms in total. The number of nitrogens with one attached hydrogen (secondary N) is 1. The number of nitrogens with zero attached hydrogens (tertiary/aromatic N) is 1. The summed E-state index contributed by atoms with van der Waals surface area (Å²) in [5, 5.41) is 3.59. The molecule has 0 aromatic carbocycles. The monoisotopic (exact) mass is 270 g/mol. The second-order valence-electron chi connectivity index (χ2n) is 6.11. The molecule has 0 aliphatic carbocycles. The van der Waals surface area contributed by atoms with Gasteiger partial charge >= 0.3 is 0 Å². The molecule has 19 heavy (non-hydrogen) atoms. The van der Waals surface area contributed by atoms with Crippen molar-refractivity contribution in [3.8, 4) is 0 Å². The minimum absolute atomic E-state index is 0.346. The molecule has 0 spiro atoms. The number of hydrogen-bond acceptors (Lipinski definition) is 4. The average Bonchev–Trinajstić information content (AvgIpc) is 2.86. The first-order valence-corrected chi connectivity index (χ1v) is 7.88. The highest BCUT2D eigenvalue weighted by Crippen LogP contribution is 2.22. The first kappa shape index (κ1) is 15.2. The maximum Gasteiger partial charge on any atom is 0.0826 e. The number of rotatable bonds is 6. The van der Waals surface area contributed by atoms with Crippen LogP contribution < -0.4 is 5.32 Å². The topological polar surface area (TPSA) is 33.7 Å². The van der Waals surface area contributed by atoms with E-state index in [0.29, 0.717) is 24.2 Å². The van der Waals surface area contributed by atoms with Crippen molar-refractivity contribution in [1.82, 2.24) is 10.2 Å². The normalized spacial score (nSPS) is 33.2. The molecule has 112 valence electrons. The molecule has 2 aliphatic rings. The van der Waals surface area contributed by atoms with Gasteiger partial charge in [-0.15, -0.1) is 0 Å². The van der Waals surface area contributed by atoms with Gasteiger partial charge < -0.3 is 14.8 Å². The lowest BCUT2D eigenvalue weighted by molar-refractivity contribution is -0.0376. The molecule has 0 aromatic heterocycles. The summed E-state index contributed by atoms with van der Waals surface area (Å²) in [5.74, 6) is 0.690. The van der Waals surface area contributed by atoms with Crippen LogP contribution in [-0.4, -0.2) is 62.5 Å². The third kappa shape index (κ3) is 4.42. The Morgan fingerprint density at radius 2 is 2.05 bits per heavy atom. The van der Waals surface area contributed by atoms with Crippen molar-refractivity contribution in [3.05, 3.63) is 0 Å². The number of morpholine rings is 1. The fraction of sp³-hybridized carbons (Fsp3) is 1.00. The zero-order chi connectivity index (χ0) is 13.7. The summed E-state index contributed by atoms with van der Waals surface area (Å²) in [6.45, 7) is 12.7. The fourth-order valence-electron chi connectivity index (χ4n) is 3.14. The molecule has 2 saturated heterocycles. The molecule has 4 heteroatoms. The van der Waals surface area contributed by atoms with Crippen LogP contribution in [0.15, 0.2) is 0 Å². The highest BCUT2D eigenvalue weighted by molar-refractivity contribution is 4.79. The predicted molar refractivity (Wildman–Crippen MR) is 77.5 cm³/mol. The van der Waals surface area contributed by atoms with Crippen molar-refractivity contribution in [2.45, 2.75) is 51.9 Å². The Bertz CT molecular complexity index is 261. The van der Waals surface area contributed by atoms with E-state index >= 15 is 0 Å². The third-order valence-corrected chi connectivity index (χ3v) is 4.43. The number of ether oxygens (including phenoxy) is 2. The van der Waals surface area contributed by atoms with E-state index in [1.165, 1.54) is 6.42 Å². The lowest BCUT2D eigenvalue weighted by Gasteiger charge is -2.35. The van der Waals surface area contributed by atoms with E-state index in [0.717, 1.165) is 45.8 Å². The largest absolute Gasteiger partial charge is 0.378 e. The molecule has 0 aromatic rings. The van der Waals surface area contributed by atoms with E-state index in [1.54, 1.807) is 0 Å². The Morgan fingerprint density at radius 1 is 1.21 bits per heavy atom. The van der Waals surface area contributed by atoms with Gasteiger partial charge in [-0.1, -0.05) is 6.92 Å². The van der Waals surface area contributed by atoms with Gasteiger partial charge in [0.15, 0.2) is 0 Å². The van der Waals surface area contributed by atoms with Crippen LogP contribution >= 0.6 is 0 Å². The van der Waals surface area contributed by atoms with Crippen LogP contribution in [0, 0.1) is 5.92 Å². The summed E-state index contributed by atoms with van der Waals surface area (Å²) in [4.78, 5) is 2.50. The summed E-state index contributed by atoms with van der Waals surface area (Å²) in [7, 11) is 0. The predicted octanol–water partition coefficient (Wildman–Crippen LogP) is 1.50. The third-order valence-electron chi connectivity index (χ3n) is 4.43. The van der Waals surface area contributed by atoms with Gasteiger partial charge in [0.1, 0.15) is 0 Å². The van der Waals surface area contributed by atoms with Gasteiger partial charge in [0.25, 0.3) is 0 Å². The van der Waals surface area contributed by atoms with E-state index in [4.69, 9.17) is 9.47 Å². The zero-order valence-electron chi connectivity index (χ0n) is 12.7. The quantitative estimate of drug-likeness (QED) is 0.793. The molecule has 2 heterocycles. The zero-order valence-corrected chi connectivity index (χ0v) is 12.7. The van der Waals surface area contributed by atoms with Gasteiger partial charge in [0, 0.05) is 38.8 Å². The highest BCUT2D eigenvalue weighted by atomic mass is 16.5. The van der Waals surface area contributed by atoms with Crippen LogP contribution in [0.3, 0.4) is 0 Å². The molecule has 0 radical (unpaired) electrons. The van der Waals surface area contributed by atoms with Gasteiger partial charge in [-0.3, -0.25) is 4.90 Å². The van der Waals surface area contributed by atoms with Crippen LogP contribution in [0.1, 0.15) is 33.6 Å². The summed E-state index contributed by atoms with van der Waals surface area (Å²) in [6.07, 6.45) is 3.15. The second kappa shape index (κ2) is 7.58. The Balaban J connectivity index is 1.65. The van der Waals surface area contributed by atoms with Crippen LogP contribution in [0.2, 0.25) is 0 Å². The first-order valence-electron chi connectivity index (χ1n) is 7.88. The molecule has 3 atom stereocenters. The molecule has 0 saturated carbocycles. The SMILES string of the molecule is CCC1OCCC1CNCC1CN(C(C)C)CCO1. The van der Waals surface area contributed by atoms with Crippen molar-refractivity contribution < 1.29 is 9.47 Å². The van der Waals surface area contributed by atoms with Crippen LogP contribution in [-0.2, 0) is 9.47 Å². The van der Waals surface area contributed by atoms with E-state index in [2.05, 4.69) is 31.0 Å². The Hall–Kier alpha value is -0.160. The van der Waals surface area contributed by atoms with Crippen molar-refractivity contribution >= 4 is 0 Å². The van der Waals surface area contributed by atoms with Gasteiger partial charge in [-0.25, -0.2) is 0 Å². The van der Waals surface area contributed by atoms with E-state index in [9.17, 15) is 0 Å². The maximum atomic E-state index is 5.84. The van der Waals surface area contributed by atoms with E-state index < -0.39 is 0 Å². The molecule has 0 amide bonds. The van der Waals surface area contributed by atoms with Crippen molar-refractivity contribution in [2.75, 3.05) is 39.4 Å². The average molecular weight is 270 g/mol. The van der Waals surface area contributed by atoms with Crippen molar-refractivity contribution in [3.63, 3.8) is 0 Å². The second-order valence-corrected chi connectivity index (χ2v) is 6.11. The Labute approximate surface area is 117 Å². The van der Waals surface area contributed by atoms with Crippen molar-refractivity contribution in [2.24, 2.45) is 5.92 Å². The molecule has 2 rings (SSSR count). The van der Waals surface area contributed by atoms with E-state index in [1.807, 2.05) is 0 Å². The molecule has 2 aliphatic heterocycles. The van der Waals surface area contributed by atoms with Crippen LogP contribution in [0.4, 0.5) is 0 Å². The van der Waals surface area contributed by atoms with Crippen molar-refractivity contribution in [1.29, 1.82) is 0 Å². The van der Waals surface area contributed by atoms with Gasteiger partial charge in [-0.2, -0.15) is 0 Å². The van der Waals surface area contributed by atoms with Crippen LogP contribution in [0.25, 0.3) is 0 Å². The smallest absolute Gasteiger partial charge is 0.0826 e. The molecule has 1 N–H and O–H groups in total. The lowest BCUT2D eigenvalue weighted by atomic mass is 9.99. The molecular formula is C15H30N2O2. The summed E-state index contributed by atoms with van der Waals surface area (Å²) < 4.78 is 11.6. The fourth-order valence-corrected chi connectivity index (χ4v) is 3.14. The first-order chi connectivity index (χ1) is 9.20. The molecule has 0 bridgehead atoms. The molecule has 3 unspecified atom stereocenters. The van der Waals surface area contributed by atoms with Gasteiger partial charge in [0.2, 0.25) is 0 Å². The van der Waals surface area contributed by atoms with Gasteiger partial charge in [0.05, 0.1) is 18.8 Å². The minimum Gasteiger partial charge on any atom is -0.378 e. The Morgan fingerprint density at radius 3 is 2.79 bits per heavy atom. The maximum absolute atomic E-state index is 5.84. The molecular weight excluding hydrogens is 240 g/mol. The summed E-state index contributed by atoms with van der Waals surface area (Å²) in [5.41, 5.74) is 0. The highest BCUT2D eigenvalue weighted by Gasteiger charge is 2.27. The lowest BCUT2D eigenvalue weighted by Crippen LogP contribution is -2.49. The Kier molecular flexibility index (Phi) is 6.07. The molecule has 2 fully saturated rings. The standard InChI is InChI=1S/C15H30N2O2/c1-4-15-13(5-7-19-15)9-16-10-14-11-17(12(2)3)6-8-18-14/h12-16H,4-11H2,1-3H3. The van der Waals surface area contributed by atoms with E-state index in [-0.39, 0.29) is 0 Å². The summed E-state index contributed by atoms with van der Waals surface area (Å²) in [6, 6.07) is 0.624.